The number of rotatable bonds is 6. The number of carbonyl (C=O) groups excluding carboxylic acids is 2. The second-order valence-electron chi connectivity index (χ2n) is 6.78. The van der Waals surface area contributed by atoms with Gasteiger partial charge in [0.05, 0.1) is 6.04 Å². The Morgan fingerprint density at radius 1 is 1.23 bits per heavy atom. The standard InChI is InChI=1S/C20H28N4O2/c1-3-23(4-2)19(25)14-24-12-10-15-13-16(8-9-18(15)24)22-20(26)17-7-5-6-11-21-17/h8-10,12-13,17,21H,3-7,11,14H2,1-2H3,(H,22,26). The second-order valence-corrected chi connectivity index (χ2v) is 6.78. The molecule has 0 bridgehead atoms. The van der Waals surface area contributed by atoms with E-state index in [0.29, 0.717) is 6.54 Å². The quantitative estimate of drug-likeness (QED) is 0.836. The molecular formula is C20H28N4O2. The number of piperidine rings is 1. The van der Waals surface area contributed by atoms with Crippen LogP contribution in [0.5, 0.6) is 0 Å². The SMILES string of the molecule is CCN(CC)C(=O)Cn1ccc2cc(NC(=O)C3CCCCN3)ccc21. The number of amides is 2. The first-order valence-electron chi connectivity index (χ1n) is 9.53. The van der Waals surface area contributed by atoms with Gasteiger partial charge in [-0.15, -0.1) is 0 Å². The van der Waals surface area contributed by atoms with Crippen molar-refractivity contribution in [2.75, 3.05) is 25.0 Å². The van der Waals surface area contributed by atoms with Crippen LogP contribution in [0.25, 0.3) is 10.9 Å². The van der Waals surface area contributed by atoms with E-state index in [0.717, 1.165) is 55.5 Å². The minimum Gasteiger partial charge on any atom is -0.342 e. The summed E-state index contributed by atoms with van der Waals surface area (Å²) in [4.78, 5) is 26.5. The van der Waals surface area contributed by atoms with Gasteiger partial charge < -0.3 is 20.1 Å². The van der Waals surface area contributed by atoms with Crippen LogP contribution < -0.4 is 10.6 Å². The number of hydrogen-bond donors (Lipinski definition) is 2. The molecule has 0 aliphatic carbocycles. The highest BCUT2D eigenvalue weighted by Gasteiger charge is 2.20. The van der Waals surface area contributed by atoms with E-state index < -0.39 is 0 Å². The van der Waals surface area contributed by atoms with E-state index in [9.17, 15) is 9.59 Å². The van der Waals surface area contributed by atoms with Crippen molar-refractivity contribution in [3.05, 3.63) is 30.5 Å². The average Bonchev–Trinajstić information content (AvgIpc) is 3.05. The highest BCUT2D eigenvalue weighted by molar-refractivity contribution is 5.97. The molecule has 1 saturated heterocycles. The van der Waals surface area contributed by atoms with Crippen molar-refractivity contribution in [1.29, 1.82) is 0 Å². The summed E-state index contributed by atoms with van der Waals surface area (Å²) in [6, 6.07) is 7.72. The van der Waals surface area contributed by atoms with Crippen LogP contribution in [0.2, 0.25) is 0 Å². The lowest BCUT2D eigenvalue weighted by atomic mass is 10.0. The molecule has 140 valence electrons. The van der Waals surface area contributed by atoms with Crippen molar-refractivity contribution in [3.63, 3.8) is 0 Å². The van der Waals surface area contributed by atoms with E-state index in [-0.39, 0.29) is 17.9 Å². The Balaban J connectivity index is 1.70. The van der Waals surface area contributed by atoms with Gasteiger partial charge in [0.1, 0.15) is 6.54 Å². The highest BCUT2D eigenvalue weighted by atomic mass is 16.2. The van der Waals surface area contributed by atoms with Gasteiger partial charge in [0.2, 0.25) is 11.8 Å². The van der Waals surface area contributed by atoms with Crippen LogP contribution >= 0.6 is 0 Å². The van der Waals surface area contributed by atoms with Crippen LogP contribution in [0.3, 0.4) is 0 Å². The van der Waals surface area contributed by atoms with Crippen molar-refractivity contribution in [3.8, 4) is 0 Å². The van der Waals surface area contributed by atoms with Crippen LogP contribution in [0.1, 0.15) is 33.1 Å². The van der Waals surface area contributed by atoms with Crippen LogP contribution in [0.15, 0.2) is 30.5 Å². The van der Waals surface area contributed by atoms with Crippen LogP contribution in [-0.4, -0.2) is 47.0 Å². The number of hydrogen-bond acceptors (Lipinski definition) is 3. The second kappa shape index (κ2) is 8.36. The molecule has 2 amide bonds. The summed E-state index contributed by atoms with van der Waals surface area (Å²) in [5.41, 5.74) is 1.79. The van der Waals surface area contributed by atoms with E-state index in [1.165, 1.54) is 0 Å². The van der Waals surface area contributed by atoms with Gasteiger partial charge in [0.15, 0.2) is 0 Å². The normalized spacial score (nSPS) is 17.2. The third-order valence-corrected chi connectivity index (χ3v) is 5.09. The first kappa shape index (κ1) is 18.5. The van der Waals surface area contributed by atoms with Gasteiger partial charge in [0, 0.05) is 35.9 Å². The zero-order chi connectivity index (χ0) is 18.5. The Kier molecular flexibility index (Phi) is 5.93. The molecule has 6 heteroatoms. The van der Waals surface area contributed by atoms with E-state index in [1.54, 1.807) is 0 Å². The summed E-state index contributed by atoms with van der Waals surface area (Å²) >= 11 is 0. The maximum absolute atomic E-state index is 12.4. The summed E-state index contributed by atoms with van der Waals surface area (Å²) < 4.78 is 1.96. The van der Waals surface area contributed by atoms with Gasteiger partial charge >= 0.3 is 0 Å². The maximum atomic E-state index is 12.4. The first-order chi connectivity index (χ1) is 12.6. The summed E-state index contributed by atoms with van der Waals surface area (Å²) in [6.07, 6.45) is 5.04. The largest absolute Gasteiger partial charge is 0.342 e. The summed E-state index contributed by atoms with van der Waals surface area (Å²) in [6.45, 7) is 6.67. The van der Waals surface area contributed by atoms with E-state index in [2.05, 4.69) is 10.6 Å². The van der Waals surface area contributed by atoms with Crippen molar-refractivity contribution >= 4 is 28.4 Å². The topological polar surface area (TPSA) is 66.4 Å². The fraction of sp³-hybridized carbons (Fsp3) is 0.500. The number of carbonyl (C=O) groups is 2. The molecule has 1 aliphatic rings. The predicted molar refractivity (Wildman–Crippen MR) is 104 cm³/mol. The van der Waals surface area contributed by atoms with Crippen molar-refractivity contribution < 1.29 is 9.59 Å². The molecule has 1 aromatic heterocycles. The lowest BCUT2D eigenvalue weighted by Gasteiger charge is -2.22. The molecule has 0 spiro atoms. The van der Waals surface area contributed by atoms with Gasteiger partial charge in [0.25, 0.3) is 0 Å². The molecule has 0 saturated carbocycles. The number of aromatic nitrogens is 1. The van der Waals surface area contributed by atoms with Crippen molar-refractivity contribution in [2.45, 2.75) is 45.7 Å². The Morgan fingerprint density at radius 2 is 2.04 bits per heavy atom. The fourth-order valence-electron chi connectivity index (χ4n) is 3.54. The molecule has 3 rings (SSSR count). The van der Waals surface area contributed by atoms with Gasteiger partial charge in [-0.2, -0.15) is 0 Å². The molecule has 26 heavy (non-hydrogen) atoms. The number of anilines is 1. The Hall–Kier alpha value is -2.34. The highest BCUT2D eigenvalue weighted by Crippen LogP contribution is 2.21. The van der Waals surface area contributed by atoms with E-state index in [4.69, 9.17) is 0 Å². The molecule has 1 atom stereocenters. The molecule has 2 heterocycles. The zero-order valence-corrected chi connectivity index (χ0v) is 15.6. The third kappa shape index (κ3) is 4.07. The lowest BCUT2D eigenvalue weighted by Crippen LogP contribution is -2.43. The van der Waals surface area contributed by atoms with Crippen molar-refractivity contribution in [1.82, 2.24) is 14.8 Å². The third-order valence-electron chi connectivity index (χ3n) is 5.09. The zero-order valence-electron chi connectivity index (χ0n) is 15.6. The number of nitrogens with zero attached hydrogens (tertiary/aromatic N) is 2. The molecule has 1 unspecified atom stereocenters. The minimum absolute atomic E-state index is 0.0280. The smallest absolute Gasteiger partial charge is 0.242 e. The Bertz CT molecular complexity index is 773. The van der Waals surface area contributed by atoms with E-state index >= 15 is 0 Å². The predicted octanol–water partition coefficient (Wildman–Crippen LogP) is 2.59. The van der Waals surface area contributed by atoms with Crippen LogP contribution in [-0.2, 0) is 16.1 Å². The van der Waals surface area contributed by atoms with Gasteiger partial charge in [-0.05, 0) is 57.5 Å². The average molecular weight is 356 g/mol. The molecular weight excluding hydrogens is 328 g/mol. The van der Waals surface area contributed by atoms with Gasteiger partial charge in [-0.1, -0.05) is 6.42 Å². The summed E-state index contributed by atoms with van der Waals surface area (Å²) in [5, 5.41) is 7.29. The Morgan fingerprint density at radius 3 is 2.73 bits per heavy atom. The molecule has 1 fully saturated rings. The van der Waals surface area contributed by atoms with Crippen LogP contribution in [0.4, 0.5) is 5.69 Å². The molecule has 1 aromatic carbocycles. The van der Waals surface area contributed by atoms with Gasteiger partial charge in [-0.25, -0.2) is 0 Å². The number of nitrogens with one attached hydrogen (secondary N) is 2. The summed E-state index contributed by atoms with van der Waals surface area (Å²) in [7, 11) is 0. The fourth-order valence-corrected chi connectivity index (χ4v) is 3.54. The van der Waals surface area contributed by atoms with Crippen LogP contribution in [0, 0.1) is 0 Å². The van der Waals surface area contributed by atoms with Crippen molar-refractivity contribution in [2.24, 2.45) is 0 Å². The molecule has 2 aromatic rings. The Labute approximate surface area is 154 Å². The van der Waals surface area contributed by atoms with E-state index in [1.807, 2.05) is 53.8 Å². The molecule has 2 N–H and O–H groups in total. The van der Waals surface area contributed by atoms with Gasteiger partial charge in [-0.3, -0.25) is 9.59 Å². The number of likely N-dealkylation sites (N-methyl/N-ethyl adjacent to an activating group) is 1. The molecule has 0 radical (unpaired) electrons. The maximum Gasteiger partial charge on any atom is 0.242 e. The lowest BCUT2D eigenvalue weighted by molar-refractivity contribution is -0.131. The molecule has 1 aliphatic heterocycles. The molecule has 6 nitrogen and oxygen atoms in total. The summed E-state index contributed by atoms with van der Waals surface area (Å²) in [5.74, 6) is 0.147. The number of benzene rings is 1. The first-order valence-corrected chi connectivity index (χ1v) is 9.53. The number of fused-ring (bicyclic) bond motifs is 1. The monoisotopic (exact) mass is 356 g/mol. The minimum atomic E-state index is -0.101.